The van der Waals surface area contributed by atoms with Gasteiger partial charge in [-0.05, 0) is 73.5 Å². The summed E-state index contributed by atoms with van der Waals surface area (Å²) in [6, 6.07) is 15.4. The lowest BCUT2D eigenvalue weighted by atomic mass is 10.0. The number of methoxy groups -OCH3 is 1. The third-order valence-corrected chi connectivity index (χ3v) is 5.29. The number of furan rings is 1. The summed E-state index contributed by atoms with van der Waals surface area (Å²) in [6.45, 7) is 3.96. The van der Waals surface area contributed by atoms with Gasteiger partial charge < -0.3 is 14.1 Å². The fourth-order valence-corrected chi connectivity index (χ4v) is 3.54. The van der Waals surface area contributed by atoms with Gasteiger partial charge in [-0.3, -0.25) is 14.5 Å². The third kappa shape index (κ3) is 3.38. The number of carbonyl (C=O) groups is 2. The van der Waals surface area contributed by atoms with Crippen molar-refractivity contribution in [1.29, 1.82) is 0 Å². The molecule has 0 spiro atoms. The van der Waals surface area contributed by atoms with E-state index in [-0.39, 0.29) is 18.4 Å². The molecule has 0 radical (unpaired) electrons. The summed E-state index contributed by atoms with van der Waals surface area (Å²) >= 11 is 0. The van der Waals surface area contributed by atoms with Crippen LogP contribution in [0, 0.1) is 13.8 Å². The average Bonchev–Trinajstić information content (AvgIpc) is 3.26. The molecule has 0 N–H and O–H groups in total. The summed E-state index contributed by atoms with van der Waals surface area (Å²) in [5.41, 5.74) is 3.52. The number of piperazine rings is 1. The highest BCUT2D eigenvalue weighted by Gasteiger charge is 2.43. The Morgan fingerprint density at radius 2 is 1.69 bits per heavy atom. The molecule has 2 amide bonds. The van der Waals surface area contributed by atoms with E-state index in [1.807, 2.05) is 32.0 Å². The van der Waals surface area contributed by atoms with Crippen LogP contribution in [0.4, 0.5) is 11.4 Å². The molecule has 1 aliphatic rings. The normalized spacial score (nSPS) is 17.0. The van der Waals surface area contributed by atoms with Gasteiger partial charge in [0.1, 0.15) is 18.1 Å². The summed E-state index contributed by atoms with van der Waals surface area (Å²) in [5, 5.41) is 0. The quantitative estimate of drug-likeness (QED) is 0.675. The summed E-state index contributed by atoms with van der Waals surface area (Å²) in [7, 11) is 1.58. The number of carbonyl (C=O) groups excluding carboxylic acids is 2. The van der Waals surface area contributed by atoms with Crippen molar-refractivity contribution in [3.05, 3.63) is 77.7 Å². The maximum Gasteiger partial charge on any atom is 0.258 e. The number of anilines is 2. The average molecular weight is 390 g/mol. The van der Waals surface area contributed by atoms with Crippen LogP contribution in [-0.2, 0) is 9.59 Å². The van der Waals surface area contributed by atoms with Crippen molar-refractivity contribution in [2.45, 2.75) is 19.9 Å². The van der Waals surface area contributed by atoms with E-state index in [9.17, 15) is 9.59 Å². The molecule has 0 unspecified atom stereocenters. The summed E-state index contributed by atoms with van der Waals surface area (Å²) in [5.74, 6) is 0.705. The lowest BCUT2D eigenvalue weighted by molar-refractivity contribution is -0.129. The van der Waals surface area contributed by atoms with Crippen molar-refractivity contribution >= 4 is 23.2 Å². The first kappa shape index (κ1) is 18.8. The maximum atomic E-state index is 13.5. The van der Waals surface area contributed by atoms with Crippen molar-refractivity contribution in [2.24, 2.45) is 0 Å². The van der Waals surface area contributed by atoms with E-state index in [1.54, 1.807) is 43.5 Å². The molecule has 0 saturated carbocycles. The largest absolute Gasteiger partial charge is 0.497 e. The fraction of sp³-hybridized carbons (Fsp3) is 0.217. The van der Waals surface area contributed by atoms with Gasteiger partial charge in [-0.25, -0.2) is 0 Å². The second kappa shape index (κ2) is 7.47. The van der Waals surface area contributed by atoms with Gasteiger partial charge in [-0.1, -0.05) is 6.07 Å². The molecule has 0 aliphatic carbocycles. The minimum atomic E-state index is -0.874. The van der Waals surface area contributed by atoms with Gasteiger partial charge in [-0.15, -0.1) is 0 Å². The van der Waals surface area contributed by atoms with Crippen molar-refractivity contribution in [3.63, 3.8) is 0 Å². The van der Waals surface area contributed by atoms with Gasteiger partial charge in [0.15, 0.2) is 6.04 Å². The lowest BCUT2D eigenvalue weighted by Gasteiger charge is -2.39. The first-order valence-electron chi connectivity index (χ1n) is 9.37. The van der Waals surface area contributed by atoms with Crippen LogP contribution in [0.25, 0.3) is 0 Å². The molecule has 3 aromatic rings. The molecule has 6 heteroatoms. The van der Waals surface area contributed by atoms with E-state index < -0.39 is 6.04 Å². The van der Waals surface area contributed by atoms with Crippen molar-refractivity contribution in [2.75, 3.05) is 23.5 Å². The number of amides is 2. The minimum absolute atomic E-state index is 0.0371. The number of hydrogen-bond donors (Lipinski definition) is 0. The van der Waals surface area contributed by atoms with Gasteiger partial charge in [0.2, 0.25) is 5.91 Å². The molecule has 2 heterocycles. The molecule has 6 nitrogen and oxygen atoms in total. The number of hydrogen-bond acceptors (Lipinski definition) is 4. The topological polar surface area (TPSA) is 63.0 Å². The standard InChI is InChI=1S/C23H22N2O4/c1-15-6-7-18(13-16(15)2)24-14-21(26)25(17-8-10-19(28-3)11-9-17)22(23(24)27)20-5-4-12-29-20/h4-13,22H,14H2,1-3H3/t22-/m1/s1. The molecule has 0 bridgehead atoms. The summed E-state index contributed by atoms with van der Waals surface area (Å²) in [4.78, 5) is 29.7. The highest BCUT2D eigenvalue weighted by atomic mass is 16.5. The summed E-state index contributed by atoms with van der Waals surface area (Å²) < 4.78 is 10.8. The van der Waals surface area contributed by atoms with Gasteiger partial charge >= 0.3 is 0 Å². The van der Waals surface area contributed by atoms with E-state index in [0.717, 1.165) is 11.1 Å². The van der Waals surface area contributed by atoms with E-state index in [2.05, 4.69) is 0 Å². The predicted molar refractivity (Wildman–Crippen MR) is 110 cm³/mol. The Hall–Kier alpha value is -3.54. The smallest absolute Gasteiger partial charge is 0.258 e. The zero-order valence-electron chi connectivity index (χ0n) is 16.6. The highest BCUT2D eigenvalue weighted by Crippen LogP contribution is 2.35. The van der Waals surface area contributed by atoms with Crippen LogP contribution in [-0.4, -0.2) is 25.5 Å². The Kier molecular flexibility index (Phi) is 4.84. The minimum Gasteiger partial charge on any atom is -0.497 e. The van der Waals surface area contributed by atoms with Crippen LogP contribution < -0.4 is 14.5 Å². The number of aryl methyl sites for hydroxylation is 2. The second-order valence-corrected chi connectivity index (χ2v) is 7.07. The first-order chi connectivity index (χ1) is 14.0. The monoisotopic (exact) mass is 390 g/mol. The molecule has 1 fully saturated rings. The fourth-order valence-electron chi connectivity index (χ4n) is 3.54. The van der Waals surface area contributed by atoms with Gasteiger partial charge in [0.25, 0.3) is 5.91 Å². The zero-order valence-corrected chi connectivity index (χ0v) is 16.6. The maximum absolute atomic E-state index is 13.5. The van der Waals surface area contributed by atoms with Gasteiger partial charge in [0, 0.05) is 11.4 Å². The van der Waals surface area contributed by atoms with Crippen molar-refractivity contribution in [3.8, 4) is 5.75 Å². The molecule has 4 rings (SSSR count). The van der Waals surface area contributed by atoms with E-state index >= 15 is 0 Å². The molecule has 148 valence electrons. The predicted octanol–water partition coefficient (Wildman–Crippen LogP) is 4.03. The Morgan fingerprint density at radius 1 is 0.966 bits per heavy atom. The first-order valence-corrected chi connectivity index (χ1v) is 9.37. The van der Waals surface area contributed by atoms with Crippen LogP contribution in [0.3, 0.4) is 0 Å². The SMILES string of the molecule is COc1ccc(N2C(=O)CN(c3ccc(C)c(C)c3)C(=O)[C@H]2c2ccco2)cc1. The lowest BCUT2D eigenvalue weighted by Crippen LogP contribution is -2.56. The Balaban J connectivity index is 1.77. The van der Waals surface area contributed by atoms with Crippen LogP contribution in [0.2, 0.25) is 0 Å². The van der Waals surface area contributed by atoms with Crippen LogP contribution in [0.1, 0.15) is 22.9 Å². The van der Waals surface area contributed by atoms with Crippen LogP contribution >= 0.6 is 0 Å². The van der Waals surface area contributed by atoms with Crippen molar-refractivity contribution in [1.82, 2.24) is 0 Å². The van der Waals surface area contributed by atoms with Gasteiger partial charge in [0.05, 0.1) is 13.4 Å². The molecular formula is C23H22N2O4. The molecule has 1 aliphatic heterocycles. The van der Waals surface area contributed by atoms with Crippen LogP contribution in [0.5, 0.6) is 5.75 Å². The number of ether oxygens (including phenoxy) is 1. The Morgan fingerprint density at radius 3 is 2.31 bits per heavy atom. The van der Waals surface area contributed by atoms with E-state index in [1.165, 1.54) is 16.1 Å². The molecule has 1 aromatic heterocycles. The molecule has 1 saturated heterocycles. The summed E-state index contributed by atoms with van der Waals surface area (Å²) in [6.07, 6.45) is 1.51. The van der Waals surface area contributed by atoms with Crippen LogP contribution in [0.15, 0.2) is 65.3 Å². The number of rotatable bonds is 4. The van der Waals surface area contributed by atoms with E-state index in [0.29, 0.717) is 22.9 Å². The number of benzene rings is 2. The Bertz CT molecular complexity index is 1040. The third-order valence-electron chi connectivity index (χ3n) is 5.29. The molecule has 2 aromatic carbocycles. The molecule has 1 atom stereocenters. The highest BCUT2D eigenvalue weighted by molar-refractivity contribution is 6.14. The Labute approximate surface area is 169 Å². The van der Waals surface area contributed by atoms with Crippen molar-refractivity contribution < 1.29 is 18.7 Å². The zero-order chi connectivity index (χ0) is 20.5. The second-order valence-electron chi connectivity index (χ2n) is 7.07. The molecular weight excluding hydrogens is 368 g/mol. The number of nitrogens with zero attached hydrogens (tertiary/aromatic N) is 2. The van der Waals surface area contributed by atoms with E-state index in [4.69, 9.17) is 9.15 Å². The molecule has 29 heavy (non-hydrogen) atoms. The van der Waals surface area contributed by atoms with Gasteiger partial charge in [-0.2, -0.15) is 0 Å².